The SMILES string of the molecule is [2H]P([B])C=O. The fourth-order valence-corrected chi connectivity index (χ4v) is 0. The van der Waals surface area contributed by atoms with Crippen LogP contribution in [0.3, 0.4) is 0 Å². The average molecular weight is 72.8 g/mol. The van der Waals surface area contributed by atoms with Gasteiger partial charge in [-0.15, -0.1) is 8.40 Å². The minimum absolute atomic E-state index is 0.426. The molecular formula is CH2BOP. The Morgan fingerprint density at radius 3 is 2.75 bits per heavy atom. The molecular weight excluding hydrogens is 69.8 g/mol. The molecule has 3 heteroatoms. The van der Waals surface area contributed by atoms with Crippen LogP contribution in [0, 0.1) is 0 Å². The quantitative estimate of drug-likeness (QED) is 0.241. The van der Waals surface area contributed by atoms with E-state index in [4.69, 9.17) is 1.28 Å². The maximum Gasteiger partial charge on any atom is 0.128 e. The lowest BCUT2D eigenvalue weighted by atomic mass is 10.8. The highest BCUT2D eigenvalue weighted by molar-refractivity contribution is 7.78. The van der Waals surface area contributed by atoms with E-state index in [0.717, 1.165) is 0 Å². The summed E-state index contributed by atoms with van der Waals surface area (Å²) in [7, 11) is 3.13. The molecule has 2 radical (unpaired) electrons. The predicted molar refractivity (Wildman–Crippen MR) is 20.8 cm³/mol. The molecule has 0 heterocycles. The molecule has 0 aromatic heterocycles. The van der Waals surface area contributed by atoms with Crippen LogP contribution in [-0.2, 0) is 4.79 Å². The van der Waals surface area contributed by atoms with Gasteiger partial charge in [-0.05, 0) is 0 Å². The summed E-state index contributed by atoms with van der Waals surface area (Å²) in [6, 6.07) is 0.426. The zero-order valence-electron chi connectivity index (χ0n) is 3.01. The van der Waals surface area contributed by atoms with Crippen molar-refractivity contribution in [1.82, 2.24) is 0 Å². The highest BCUT2D eigenvalue weighted by Crippen LogP contribution is 1.85. The lowest BCUT2D eigenvalue weighted by Crippen LogP contribution is -1.42. The van der Waals surface area contributed by atoms with E-state index in [1.54, 1.807) is 0 Å². The van der Waals surface area contributed by atoms with Crippen molar-refractivity contribution >= 4 is 22.0 Å². The highest BCUT2D eigenvalue weighted by atomic mass is 31.1. The van der Waals surface area contributed by atoms with E-state index in [0.29, 0.717) is 6.03 Å². The third-order valence-electron chi connectivity index (χ3n) is 0.0609. The monoisotopic (exact) mass is 73.0 g/mol. The molecule has 0 aliphatic rings. The van der Waals surface area contributed by atoms with Gasteiger partial charge in [0.05, 0.1) is 1.28 Å². The Kier molecular flexibility index (Phi) is 1.90. The summed E-state index contributed by atoms with van der Waals surface area (Å²) in [5.41, 5.74) is 0. The average Bonchev–Trinajstić information content (AvgIpc) is 1.38. The Hall–Kier alpha value is 0.165. The second kappa shape index (κ2) is 3.16. The summed E-state index contributed by atoms with van der Waals surface area (Å²) in [6.07, 6.45) is 0. The first kappa shape index (κ1) is 2.41. The first-order chi connectivity index (χ1) is 2.27. The van der Waals surface area contributed by atoms with E-state index in [1.165, 1.54) is 0 Å². The van der Waals surface area contributed by atoms with Crippen LogP contribution in [0.4, 0.5) is 0 Å². The summed E-state index contributed by atoms with van der Waals surface area (Å²) >= 11 is 0. The van der Waals surface area contributed by atoms with Crippen molar-refractivity contribution in [1.29, 1.82) is 1.28 Å². The van der Waals surface area contributed by atoms with Gasteiger partial charge in [-0.25, -0.2) is 0 Å². The fourth-order valence-electron chi connectivity index (χ4n) is 0. The van der Waals surface area contributed by atoms with Gasteiger partial charge in [-0.3, -0.25) is 4.79 Å². The molecule has 1 atom stereocenters. The predicted octanol–water partition coefficient (Wildman–Crippen LogP) is -0.0614. The molecule has 0 bridgehead atoms. The summed E-state index contributed by atoms with van der Waals surface area (Å²) in [5.74, 6) is 0. The van der Waals surface area contributed by atoms with Crippen LogP contribution in [0.2, 0.25) is 0 Å². The van der Waals surface area contributed by atoms with Gasteiger partial charge in [0.15, 0.2) is 0 Å². The number of hydrogen-bond donors (Lipinski definition) is 0. The zero-order chi connectivity index (χ0) is 4.28. The summed E-state index contributed by atoms with van der Waals surface area (Å²) in [6.45, 7) is 0. The Morgan fingerprint density at radius 1 is 2.50 bits per heavy atom. The van der Waals surface area contributed by atoms with Crippen LogP contribution < -0.4 is 0 Å². The molecule has 0 saturated heterocycles. The van der Waals surface area contributed by atoms with Crippen LogP contribution in [0.5, 0.6) is 0 Å². The van der Waals surface area contributed by atoms with Crippen LogP contribution in [-0.4, -0.2) is 14.9 Å². The lowest BCUT2D eigenvalue weighted by molar-refractivity contribution is 0.570. The molecule has 20 valence electrons. The van der Waals surface area contributed by atoms with Gasteiger partial charge in [0.1, 0.15) is 13.6 Å². The van der Waals surface area contributed by atoms with Gasteiger partial charge >= 0.3 is 0 Å². The number of rotatable bonds is 1. The van der Waals surface area contributed by atoms with Crippen LogP contribution >= 0.6 is 8.40 Å². The molecule has 0 aromatic rings. The molecule has 0 amide bonds. The molecule has 0 rings (SSSR count). The van der Waals surface area contributed by atoms with Gasteiger partial charge in [-0.1, -0.05) is 0 Å². The number of carbonyl (C=O) groups is 1. The summed E-state index contributed by atoms with van der Waals surface area (Å²) in [5, 5.41) is 0. The number of carbonyl (C=O) groups excluding carboxylic acids is 1. The number of hydrogen-bond acceptors (Lipinski definition) is 1. The van der Waals surface area contributed by atoms with Gasteiger partial charge in [0.2, 0.25) is 0 Å². The molecule has 4 heavy (non-hydrogen) atoms. The smallest absolute Gasteiger partial charge is 0.128 e. The normalized spacial score (nSPS) is 17.5. The van der Waals surface area contributed by atoms with Crippen molar-refractivity contribution < 1.29 is 4.79 Å². The molecule has 1 unspecified atom stereocenters. The largest absolute Gasteiger partial charge is 0.300 e. The first-order valence-electron chi connectivity index (χ1n) is 1.20. The molecule has 1 nitrogen and oxygen atoms in total. The van der Waals surface area contributed by atoms with Gasteiger partial charge < -0.3 is 0 Å². The minimum Gasteiger partial charge on any atom is -0.300 e. The van der Waals surface area contributed by atoms with E-state index in [1.807, 2.05) is 0 Å². The second-order valence-corrected chi connectivity index (χ2v) is 0.763. The molecule has 0 aliphatic carbocycles. The van der Waals surface area contributed by atoms with E-state index in [2.05, 4.69) is 7.57 Å². The van der Waals surface area contributed by atoms with Crippen LogP contribution in [0.25, 0.3) is 0 Å². The molecule has 0 saturated carbocycles. The maximum absolute atomic E-state index is 9.22. The third-order valence-corrected chi connectivity index (χ3v) is 0.183. The zero-order valence-corrected chi connectivity index (χ0v) is 2.90. The van der Waals surface area contributed by atoms with Gasteiger partial charge in [0, 0.05) is 0 Å². The van der Waals surface area contributed by atoms with E-state index >= 15 is 0 Å². The van der Waals surface area contributed by atoms with Crippen molar-refractivity contribution in [2.75, 3.05) is 0 Å². The van der Waals surface area contributed by atoms with Gasteiger partial charge in [0.25, 0.3) is 0 Å². The molecule has 0 aromatic carbocycles. The van der Waals surface area contributed by atoms with Gasteiger partial charge in [-0.2, -0.15) is 0 Å². The van der Waals surface area contributed by atoms with E-state index < -0.39 is 8.40 Å². The standard InChI is InChI=1S/CH2BOP/c2-4-1-3/h1,4H/i4D. The Labute approximate surface area is 29.2 Å². The van der Waals surface area contributed by atoms with Crippen molar-refractivity contribution in [2.24, 2.45) is 0 Å². The minimum atomic E-state index is -1.53. The van der Waals surface area contributed by atoms with Crippen molar-refractivity contribution in [3.05, 3.63) is 0 Å². The van der Waals surface area contributed by atoms with E-state index in [9.17, 15) is 4.79 Å². The van der Waals surface area contributed by atoms with Crippen LogP contribution in [0.1, 0.15) is 0 Å². The summed E-state index contributed by atoms with van der Waals surface area (Å²) < 4.78 is 6.30. The lowest BCUT2D eigenvalue weighted by Gasteiger charge is -1.52. The second-order valence-electron chi connectivity index (χ2n) is 0.254. The Balaban J connectivity index is 2.83. The highest BCUT2D eigenvalue weighted by Gasteiger charge is 1.51. The third kappa shape index (κ3) is 2.16. The van der Waals surface area contributed by atoms with Crippen LogP contribution in [0.15, 0.2) is 0 Å². The van der Waals surface area contributed by atoms with Crippen molar-refractivity contribution in [2.45, 2.75) is 0 Å². The summed E-state index contributed by atoms with van der Waals surface area (Å²) in [4.78, 5) is 9.22. The Bertz CT molecular complexity index is 38.6. The first-order valence-corrected chi connectivity index (χ1v) is 1.78. The molecule has 0 spiro atoms. The van der Waals surface area contributed by atoms with Crippen molar-refractivity contribution in [3.63, 3.8) is 0 Å². The topological polar surface area (TPSA) is 17.1 Å². The van der Waals surface area contributed by atoms with Crippen molar-refractivity contribution in [3.8, 4) is 0 Å². The molecule has 0 N–H and O–H groups in total. The Morgan fingerprint density at radius 2 is 2.75 bits per heavy atom. The van der Waals surface area contributed by atoms with E-state index in [-0.39, 0.29) is 0 Å². The fraction of sp³-hybridized carbons (Fsp3) is 0. The maximum atomic E-state index is 9.22. The molecule has 0 aliphatic heterocycles. The molecule has 0 fully saturated rings.